The molecule has 1 fully saturated rings. The van der Waals surface area contributed by atoms with E-state index in [1.807, 2.05) is 6.92 Å². The molecule has 1 aromatic heterocycles. The number of amides is 1. The van der Waals surface area contributed by atoms with E-state index >= 15 is 0 Å². The number of thiazole rings is 1. The number of halogens is 1. The summed E-state index contributed by atoms with van der Waals surface area (Å²) in [4.78, 5) is 15.5. The zero-order valence-electron chi connectivity index (χ0n) is 8.75. The molecular weight excluding hydrogens is 294 g/mol. The van der Waals surface area contributed by atoms with Crippen LogP contribution in [0.3, 0.4) is 0 Å². The number of hydrogen-bond donors (Lipinski definition) is 2. The Labute approximate surface area is 106 Å². The molecule has 0 aromatic carbocycles. The number of aromatic nitrogens is 1. The van der Waals surface area contributed by atoms with Gasteiger partial charge in [0, 0.05) is 13.1 Å². The number of nitrogens with zero attached hydrogens (tertiary/aromatic N) is 1. The van der Waals surface area contributed by atoms with Crippen molar-refractivity contribution in [3.8, 4) is 0 Å². The molecule has 0 saturated carbocycles. The minimum absolute atomic E-state index is 0.0649. The van der Waals surface area contributed by atoms with E-state index < -0.39 is 0 Å². The van der Waals surface area contributed by atoms with Gasteiger partial charge in [0.1, 0.15) is 6.61 Å². The molecule has 2 rings (SSSR count). The smallest absolute Gasteiger partial charge is 0.252 e. The van der Waals surface area contributed by atoms with Crippen LogP contribution in [0, 0.1) is 0 Å². The van der Waals surface area contributed by atoms with Crippen molar-refractivity contribution < 1.29 is 9.53 Å². The summed E-state index contributed by atoms with van der Waals surface area (Å²) in [6.45, 7) is 3.64. The van der Waals surface area contributed by atoms with E-state index in [9.17, 15) is 4.79 Å². The topological polar surface area (TPSA) is 63.2 Å². The molecule has 0 spiro atoms. The van der Waals surface area contributed by atoms with Crippen molar-refractivity contribution in [2.45, 2.75) is 12.5 Å². The second kappa shape index (κ2) is 4.79. The zero-order chi connectivity index (χ0) is 11.6. The van der Waals surface area contributed by atoms with Gasteiger partial charge in [0.15, 0.2) is 5.13 Å². The van der Waals surface area contributed by atoms with Crippen LogP contribution in [0.4, 0.5) is 5.13 Å². The van der Waals surface area contributed by atoms with Crippen molar-refractivity contribution in [1.82, 2.24) is 10.3 Å². The number of hydrogen-bond acceptors (Lipinski definition) is 5. The molecule has 0 bridgehead atoms. The fourth-order valence-corrected chi connectivity index (χ4v) is 2.41. The SMILES string of the molecule is CC1(OCC(=O)Nc2ncc(Br)s2)CNC1. The number of ether oxygens (including phenoxy) is 1. The largest absolute Gasteiger partial charge is 0.363 e. The maximum Gasteiger partial charge on any atom is 0.252 e. The number of rotatable bonds is 4. The lowest BCUT2D eigenvalue weighted by atomic mass is 10.0. The van der Waals surface area contributed by atoms with E-state index in [1.165, 1.54) is 11.3 Å². The van der Waals surface area contributed by atoms with Crippen LogP contribution in [0.5, 0.6) is 0 Å². The average molecular weight is 306 g/mol. The van der Waals surface area contributed by atoms with Crippen LogP contribution in [-0.4, -0.2) is 36.2 Å². The number of carbonyl (C=O) groups excluding carboxylic acids is 1. The predicted molar refractivity (Wildman–Crippen MR) is 65.7 cm³/mol. The van der Waals surface area contributed by atoms with Gasteiger partial charge in [-0.05, 0) is 22.9 Å². The summed E-state index contributed by atoms with van der Waals surface area (Å²) in [6.07, 6.45) is 1.65. The van der Waals surface area contributed by atoms with Crippen LogP contribution in [0.2, 0.25) is 0 Å². The first kappa shape index (κ1) is 12.0. The standard InChI is InChI=1S/C9H12BrN3O2S/c1-9(4-11-5-9)15-3-7(14)13-8-12-2-6(10)16-8/h2,11H,3-5H2,1H3,(H,12,13,14). The van der Waals surface area contributed by atoms with Crippen LogP contribution in [0.15, 0.2) is 9.98 Å². The minimum Gasteiger partial charge on any atom is -0.363 e. The summed E-state index contributed by atoms with van der Waals surface area (Å²) in [6, 6.07) is 0. The predicted octanol–water partition coefficient (Wildman–Crippen LogP) is 1.22. The summed E-state index contributed by atoms with van der Waals surface area (Å²) in [5, 5.41) is 6.36. The molecule has 2 N–H and O–H groups in total. The second-order valence-corrected chi connectivity index (χ2v) is 6.27. The number of nitrogens with one attached hydrogen (secondary N) is 2. The van der Waals surface area contributed by atoms with Crippen molar-refractivity contribution >= 4 is 38.3 Å². The number of anilines is 1. The van der Waals surface area contributed by atoms with Crippen molar-refractivity contribution in [2.75, 3.05) is 25.0 Å². The Morgan fingerprint density at radius 2 is 2.56 bits per heavy atom. The van der Waals surface area contributed by atoms with E-state index in [0.717, 1.165) is 16.9 Å². The Morgan fingerprint density at radius 3 is 3.06 bits per heavy atom. The highest BCUT2D eigenvalue weighted by Crippen LogP contribution is 2.23. The van der Waals surface area contributed by atoms with Gasteiger partial charge in [-0.3, -0.25) is 10.1 Å². The van der Waals surface area contributed by atoms with Gasteiger partial charge in [0.05, 0.1) is 15.6 Å². The monoisotopic (exact) mass is 305 g/mol. The Balaban J connectivity index is 1.76. The van der Waals surface area contributed by atoms with Gasteiger partial charge < -0.3 is 10.1 Å². The first-order valence-electron chi connectivity index (χ1n) is 4.83. The van der Waals surface area contributed by atoms with E-state index in [0.29, 0.717) is 5.13 Å². The van der Waals surface area contributed by atoms with Crippen molar-refractivity contribution in [1.29, 1.82) is 0 Å². The van der Waals surface area contributed by atoms with Crippen LogP contribution in [-0.2, 0) is 9.53 Å². The van der Waals surface area contributed by atoms with Gasteiger partial charge in [0.25, 0.3) is 5.91 Å². The Morgan fingerprint density at radius 1 is 1.81 bits per heavy atom. The first-order valence-corrected chi connectivity index (χ1v) is 6.44. The molecule has 0 radical (unpaired) electrons. The Hall–Kier alpha value is -0.500. The molecule has 1 saturated heterocycles. The van der Waals surface area contributed by atoms with E-state index in [4.69, 9.17) is 4.74 Å². The van der Waals surface area contributed by atoms with E-state index in [1.54, 1.807) is 6.20 Å². The fraction of sp³-hybridized carbons (Fsp3) is 0.556. The van der Waals surface area contributed by atoms with Crippen LogP contribution in [0.25, 0.3) is 0 Å². The first-order chi connectivity index (χ1) is 7.57. The molecule has 0 unspecified atom stereocenters. The summed E-state index contributed by atoms with van der Waals surface area (Å²) < 4.78 is 6.38. The van der Waals surface area contributed by atoms with Crippen molar-refractivity contribution in [3.05, 3.63) is 9.98 Å². The fourth-order valence-electron chi connectivity index (χ4n) is 1.29. The molecular formula is C9H12BrN3O2S. The van der Waals surface area contributed by atoms with Crippen molar-refractivity contribution in [3.63, 3.8) is 0 Å². The highest BCUT2D eigenvalue weighted by Gasteiger charge is 2.33. The summed E-state index contributed by atoms with van der Waals surface area (Å²) in [7, 11) is 0. The lowest BCUT2D eigenvalue weighted by Crippen LogP contribution is -2.59. The summed E-state index contributed by atoms with van der Waals surface area (Å²) >= 11 is 4.65. The molecule has 5 nitrogen and oxygen atoms in total. The second-order valence-electron chi connectivity index (χ2n) is 3.86. The highest BCUT2D eigenvalue weighted by atomic mass is 79.9. The lowest BCUT2D eigenvalue weighted by Gasteiger charge is -2.38. The van der Waals surface area contributed by atoms with Gasteiger partial charge in [0.2, 0.25) is 0 Å². The van der Waals surface area contributed by atoms with Crippen LogP contribution < -0.4 is 10.6 Å². The van der Waals surface area contributed by atoms with Gasteiger partial charge >= 0.3 is 0 Å². The quantitative estimate of drug-likeness (QED) is 0.878. The summed E-state index contributed by atoms with van der Waals surface area (Å²) in [5.41, 5.74) is -0.194. The third-order valence-corrected chi connectivity index (χ3v) is 3.67. The minimum atomic E-state index is -0.194. The molecule has 1 aliphatic heterocycles. The third kappa shape index (κ3) is 3.00. The molecule has 1 amide bonds. The molecule has 16 heavy (non-hydrogen) atoms. The lowest BCUT2D eigenvalue weighted by molar-refractivity contribution is -0.130. The average Bonchev–Trinajstić information content (AvgIpc) is 2.58. The summed E-state index contributed by atoms with van der Waals surface area (Å²) in [5.74, 6) is -0.171. The molecule has 88 valence electrons. The van der Waals surface area contributed by atoms with Gasteiger partial charge in [-0.1, -0.05) is 11.3 Å². The third-order valence-electron chi connectivity index (χ3n) is 2.27. The molecule has 1 aliphatic rings. The normalized spacial score (nSPS) is 17.9. The van der Waals surface area contributed by atoms with Crippen molar-refractivity contribution in [2.24, 2.45) is 0 Å². The van der Waals surface area contributed by atoms with Gasteiger partial charge in [-0.2, -0.15) is 0 Å². The molecule has 7 heteroatoms. The van der Waals surface area contributed by atoms with Gasteiger partial charge in [-0.25, -0.2) is 4.98 Å². The van der Waals surface area contributed by atoms with E-state index in [2.05, 4.69) is 31.5 Å². The Kier molecular flexibility index (Phi) is 3.58. The maximum absolute atomic E-state index is 11.5. The van der Waals surface area contributed by atoms with Crippen LogP contribution in [0.1, 0.15) is 6.92 Å². The Bertz CT molecular complexity index is 392. The molecule has 1 aromatic rings. The van der Waals surface area contributed by atoms with Crippen LogP contribution >= 0.6 is 27.3 Å². The van der Waals surface area contributed by atoms with Gasteiger partial charge in [-0.15, -0.1) is 0 Å². The van der Waals surface area contributed by atoms with E-state index in [-0.39, 0.29) is 18.1 Å². The molecule has 0 atom stereocenters. The molecule has 0 aliphatic carbocycles. The highest BCUT2D eigenvalue weighted by molar-refractivity contribution is 9.11. The zero-order valence-corrected chi connectivity index (χ0v) is 11.2. The maximum atomic E-state index is 11.5. The molecule has 2 heterocycles. The number of carbonyl (C=O) groups is 1.